The van der Waals surface area contributed by atoms with Crippen molar-refractivity contribution in [1.29, 1.82) is 0 Å². The molecule has 2 fully saturated rings. The number of nitro groups is 1. The molecule has 0 N–H and O–H groups in total. The zero-order chi connectivity index (χ0) is 24.5. The van der Waals surface area contributed by atoms with Crippen LogP contribution in [-0.4, -0.2) is 54.4 Å². The molecule has 5 rings (SSSR count). The Labute approximate surface area is 209 Å². The van der Waals surface area contributed by atoms with Gasteiger partial charge in [-0.3, -0.25) is 19.7 Å². The minimum Gasteiger partial charge on any atom is -0.362 e. The molecule has 0 radical (unpaired) electrons. The molecule has 2 heterocycles. The number of halogens is 1. The van der Waals surface area contributed by atoms with Gasteiger partial charge in [0.25, 0.3) is 5.69 Å². The number of carbonyl (C=O) groups excluding carboxylic acids is 2. The first kappa shape index (κ1) is 23.6. The number of hydrogen-bond donors (Lipinski definition) is 0. The number of carbonyl (C=O) groups is 2. The van der Waals surface area contributed by atoms with Crippen molar-refractivity contribution in [2.24, 2.45) is 11.8 Å². The molecule has 1 saturated carbocycles. The maximum atomic E-state index is 13.6. The van der Waals surface area contributed by atoms with E-state index in [2.05, 4.69) is 6.07 Å². The van der Waals surface area contributed by atoms with E-state index in [-0.39, 0.29) is 29.3 Å². The standard InChI is InChI=1S/C26H29ClN4O4/c27-19-9-10-23(24(17-19)31(34)35)28-13-15-29(16-14-28)25(32)20-6-2-3-7-21(20)26(33)30-12-11-18-5-1-4-8-22(18)30/h1,4-5,8-10,17,20-21H,2-3,6-7,11-16H2. The highest BCUT2D eigenvalue weighted by atomic mass is 35.5. The molecule has 2 atom stereocenters. The summed E-state index contributed by atoms with van der Waals surface area (Å²) in [6.45, 7) is 2.62. The van der Waals surface area contributed by atoms with E-state index in [1.165, 1.54) is 11.6 Å². The molecule has 0 bridgehead atoms. The van der Waals surface area contributed by atoms with E-state index in [4.69, 9.17) is 11.6 Å². The monoisotopic (exact) mass is 496 g/mol. The van der Waals surface area contributed by atoms with Crippen LogP contribution in [0.5, 0.6) is 0 Å². The predicted octanol–water partition coefficient (Wildman–Crippen LogP) is 4.29. The zero-order valence-electron chi connectivity index (χ0n) is 19.6. The molecular formula is C26H29ClN4O4. The molecule has 2 aromatic carbocycles. The van der Waals surface area contributed by atoms with E-state index in [0.29, 0.717) is 43.4 Å². The quantitative estimate of drug-likeness (QED) is 0.465. The molecule has 1 aliphatic carbocycles. The van der Waals surface area contributed by atoms with Gasteiger partial charge >= 0.3 is 0 Å². The van der Waals surface area contributed by atoms with Crippen molar-refractivity contribution in [2.45, 2.75) is 32.1 Å². The van der Waals surface area contributed by atoms with Gasteiger partial charge in [-0.2, -0.15) is 0 Å². The summed E-state index contributed by atoms with van der Waals surface area (Å²) in [4.78, 5) is 43.9. The SMILES string of the molecule is O=C(C1CCCCC1C(=O)N1CCc2ccccc21)N1CCN(c2ccc(Cl)cc2[N+](=O)[O-])CC1. The number of nitro benzene ring substituents is 1. The number of anilines is 2. The van der Waals surface area contributed by atoms with Crippen molar-refractivity contribution in [2.75, 3.05) is 42.5 Å². The van der Waals surface area contributed by atoms with Gasteiger partial charge in [0.1, 0.15) is 5.69 Å². The van der Waals surface area contributed by atoms with Gasteiger partial charge in [0, 0.05) is 55.4 Å². The molecular weight excluding hydrogens is 468 g/mol. The second-order valence-electron chi connectivity index (χ2n) is 9.57. The third-order valence-corrected chi connectivity index (χ3v) is 7.85. The lowest BCUT2D eigenvalue weighted by molar-refractivity contribution is -0.384. The summed E-state index contributed by atoms with van der Waals surface area (Å²) in [5, 5.41) is 11.8. The van der Waals surface area contributed by atoms with E-state index in [9.17, 15) is 19.7 Å². The Balaban J connectivity index is 1.27. The van der Waals surface area contributed by atoms with Gasteiger partial charge in [0.05, 0.1) is 10.8 Å². The summed E-state index contributed by atoms with van der Waals surface area (Å²) in [5.74, 6) is -0.484. The van der Waals surface area contributed by atoms with Crippen molar-refractivity contribution in [3.8, 4) is 0 Å². The second-order valence-corrected chi connectivity index (χ2v) is 10.0. The number of para-hydroxylation sites is 1. The fourth-order valence-electron chi connectivity index (χ4n) is 5.80. The number of fused-ring (bicyclic) bond motifs is 1. The first-order valence-corrected chi connectivity index (χ1v) is 12.7. The van der Waals surface area contributed by atoms with Crippen LogP contribution >= 0.6 is 11.6 Å². The van der Waals surface area contributed by atoms with Crippen LogP contribution in [0.4, 0.5) is 17.1 Å². The molecule has 9 heteroatoms. The number of hydrogen-bond acceptors (Lipinski definition) is 5. The van der Waals surface area contributed by atoms with Crippen LogP contribution in [0.15, 0.2) is 42.5 Å². The summed E-state index contributed by atoms with van der Waals surface area (Å²) in [6, 6.07) is 12.7. The highest BCUT2D eigenvalue weighted by Gasteiger charge is 2.41. The van der Waals surface area contributed by atoms with Crippen LogP contribution in [0.2, 0.25) is 5.02 Å². The smallest absolute Gasteiger partial charge is 0.294 e. The van der Waals surface area contributed by atoms with E-state index in [1.807, 2.05) is 32.9 Å². The Morgan fingerprint density at radius 3 is 2.29 bits per heavy atom. The van der Waals surface area contributed by atoms with Gasteiger partial charge in [0.15, 0.2) is 0 Å². The Kier molecular flexibility index (Phi) is 6.65. The normalized spacial score (nSPS) is 22.1. The lowest BCUT2D eigenvalue weighted by Crippen LogP contribution is -2.53. The van der Waals surface area contributed by atoms with E-state index in [1.54, 1.807) is 12.1 Å². The molecule has 8 nitrogen and oxygen atoms in total. The fraction of sp³-hybridized carbons (Fsp3) is 0.462. The average molecular weight is 497 g/mol. The molecule has 2 aliphatic heterocycles. The van der Waals surface area contributed by atoms with Crippen LogP contribution in [-0.2, 0) is 16.0 Å². The van der Waals surface area contributed by atoms with Crippen LogP contribution in [0, 0.1) is 22.0 Å². The third-order valence-electron chi connectivity index (χ3n) is 7.62. The zero-order valence-corrected chi connectivity index (χ0v) is 20.3. The highest BCUT2D eigenvalue weighted by Crippen LogP contribution is 2.37. The second kappa shape index (κ2) is 9.85. The van der Waals surface area contributed by atoms with Crippen molar-refractivity contribution in [1.82, 2.24) is 4.90 Å². The average Bonchev–Trinajstić information content (AvgIpc) is 3.32. The van der Waals surface area contributed by atoms with E-state index in [0.717, 1.165) is 37.8 Å². The molecule has 0 spiro atoms. The van der Waals surface area contributed by atoms with Crippen LogP contribution in [0.1, 0.15) is 31.2 Å². The lowest BCUT2D eigenvalue weighted by atomic mass is 9.77. The maximum Gasteiger partial charge on any atom is 0.294 e. The minimum atomic E-state index is -0.423. The Hall–Kier alpha value is -3.13. The largest absolute Gasteiger partial charge is 0.362 e. The van der Waals surface area contributed by atoms with Gasteiger partial charge in [-0.1, -0.05) is 42.6 Å². The lowest BCUT2D eigenvalue weighted by Gasteiger charge is -2.40. The Morgan fingerprint density at radius 2 is 1.57 bits per heavy atom. The Morgan fingerprint density at radius 1 is 0.886 bits per heavy atom. The summed E-state index contributed by atoms with van der Waals surface area (Å²) in [7, 11) is 0. The third kappa shape index (κ3) is 4.59. The van der Waals surface area contributed by atoms with Crippen molar-refractivity contribution < 1.29 is 14.5 Å². The first-order valence-electron chi connectivity index (χ1n) is 12.3. The first-order chi connectivity index (χ1) is 16.9. The number of nitrogens with zero attached hydrogens (tertiary/aromatic N) is 4. The van der Waals surface area contributed by atoms with E-state index >= 15 is 0 Å². The van der Waals surface area contributed by atoms with Crippen molar-refractivity contribution in [3.05, 3.63) is 63.2 Å². The van der Waals surface area contributed by atoms with Crippen LogP contribution in [0.25, 0.3) is 0 Å². The molecule has 2 unspecified atom stereocenters. The van der Waals surface area contributed by atoms with Crippen LogP contribution in [0.3, 0.4) is 0 Å². The summed E-state index contributed by atoms with van der Waals surface area (Å²) >= 11 is 5.96. The van der Waals surface area contributed by atoms with Gasteiger partial charge < -0.3 is 14.7 Å². The van der Waals surface area contributed by atoms with Gasteiger partial charge in [-0.05, 0) is 43.0 Å². The molecule has 35 heavy (non-hydrogen) atoms. The van der Waals surface area contributed by atoms with Crippen molar-refractivity contribution >= 4 is 40.5 Å². The van der Waals surface area contributed by atoms with Gasteiger partial charge in [-0.25, -0.2) is 0 Å². The minimum absolute atomic E-state index is 0.0267. The van der Waals surface area contributed by atoms with E-state index < -0.39 is 4.92 Å². The molecule has 2 amide bonds. The predicted molar refractivity (Wildman–Crippen MR) is 135 cm³/mol. The van der Waals surface area contributed by atoms with Crippen molar-refractivity contribution in [3.63, 3.8) is 0 Å². The number of amides is 2. The van der Waals surface area contributed by atoms with Gasteiger partial charge in [-0.15, -0.1) is 0 Å². The number of rotatable bonds is 4. The highest BCUT2D eigenvalue weighted by molar-refractivity contribution is 6.30. The molecule has 3 aliphatic rings. The summed E-state index contributed by atoms with van der Waals surface area (Å²) in [6.07, 6.45) is 4.24. The number of benzene rings is 2. The molecule has 184 valence electrons. The summed E-state index contributed by atoms with van der Waals surface area (Å²) in [5.41, 5.74) is 2.66. The molecule has 0 aromatic heterocycles. The fourth-order valence-corrected chi connectivity index (χ4v) is 5.97. The van der Waals surface area contributed by atoms with Crippen LogP contribution < -0.4 is 9.80 Å². The summed E-state index contributed by atoms with van der Waals surface area (Å²) < 4.78 is 0. The molecule has 1 saturated heterocycles. The topological polar surface area (TPSA) is 87.0 Å². The number of piperazine rings is 1. The maximum absolute atomic E-state index is 13.6. The molecule has 2 aromatic rings. The Bertz CT molecular complexity index is 1150. The van der Waals surface area contributed by atoms with Gasteiger partial charge in [0.2, 0.25) is 11.8 Å².